The van der Waals surface area contributed by atoms with Crippen molar-refractivity contribution in [1.82, 2.24) is 0 Å². The molecule has 0 atom stereocenters. The van der Waals surface area contributed by atoms with E-state index in [2.05, 4.69) is 4.74 Å². The topological polar surface area (TPSA) is 61.5 Å². The van der Waals surface area contributed by atoms with Gasteiger partial charge in [-0.25, -0.2) is 4.79 Å². The van der Waals surface area contributed by atoms with Gasteiger partial charge < -0.3 is 15.2 Å². The molecule has 0 amide bonds. The van der Waals surface area contributed by atoms with Crippen molar-refractivity contribution in [2.24, 2.45) is 0 Å². The van der Waals surface area contributed by atoms with E-state index in [1.54, 1.807) is 30.3 Å². The van der Waals surface area contributed by atoms with Crippen LogP contribution < -0.4 is 10.5 Å². The van der Waals surface area contributed by atoms with Gasteiger partial charge in [-0.3, -0.25) is 0 Å². The highest BCUT2D eigenvalue weighted by molar-refractivity contribution is 6.30. The Hall–Kier alpha value is -2.20. The van der Waals surface area contributed by atoms with Crippen molar-refractivity contribution in [1.29, 1.82) is 0 Å². The van der Waals surface area contributed by atoms with Crippen LogP contribution in [0.25, 0.3) is 0 Å². The third-order valence-corrected chi connectivity index (χ3v) is 2.99. The summed E-state index contributed by atoms with van der Waals surface area (Å²) in [5.74, 6) is 0.0178. The van der Waals surface area contributed by atoms with E-state index in [9.17, 15) is 4.79 Å². The van der Waals surface area contributed by atoms with Crippen LogP contribution in [0.3, 0.4) is 0 Å². The zero-order valence-corrected chi connectivity index (χ0v) is 11.7. The average Bonchev–Trinajstić information content (AvgIpc) is 2.47. The van der Waals surface area contributed by atoms with Crippen molar-refractivity contribution in [2.75, 3.05) is 12.8 Å². The number of carbonyl (C=O) groups excluding carboxylic acids is 1. The number of nitrogens with two attached hydrogens (primary N) is 1. The normalized spacial score (nSPS) is 10.1. The number of nitrogen functional groups attached to an aromatic ring is 1. The maximum absolute atomic E-state index is 11.5. The molecule has 2 rings (SSSR count). The van der Waals surface area contributed by atoms with E-state index in [4.69, 9.17) is 22.1 Å². The number of ether oxygens (including phenoxy) is 2. The molecule has 0 radical (unpaired) electrons. The fourth-order valence-electron chi connectivity index (χ4n) is 1.65. The molecule has 2 aromatic rings. The van der Waals surface area contributed by atoms with Crippen molar-refractivity contribution in [3.8, 4) is 5.75 Å². The molecule has 104 valence electrons. The van der Waals surface area contributed by atoms with Gasteiger partial charge in [0, 0.05) is 5.02 Å². The van der Waals surface area contributed by atoms with Crippen LogP contribution in [0.2, 0.25) is 5.02 Å². The zero-order chi connectivity index (χ0) is 14.5. The molecule has 0 bridgehead atoms. The van der Waals surface area contributed by atoms with Crippen LogP contribution in [-0.2, 0) is 11.3 Å². The summed E-state index contributed by atoms with van der Waals surface area (Å²) >= 11 is 5.81. The van der Waals surface area contributed by atoms with Crippen LogP contribution in [0.5, 0.6) is 5.75 Å². The number of halogens is 1. The van der Waals surface area contributed by atoms with Gasteiger partial charge in [0.2, 0.25) is 0 Å². The zero-order valence-electron chi connectivity index (χ0n) is 10.9. The number of carbonyl (C=O) groups is 1. The molecule has 5 heteroatoms. The maximum atomic E-state index is 11.5. The lowest BCUT2D eigenvalue weighted by Crippen LogP contribution is -2.04. The molecule has 0 aliphatic heterocycles. The third kappa shape index (κ3) is 3.42. The quantitative estimate of drug-likeness (QED) is 0.693. The predicted octanol–water partition coefficient (Wildman–Crippen LogP) is 3.29. The fourth-order valence-corrected chi connectivity index (χ4v) is 1.77. The molecule has 0 aliphatic carbocycles. The van der Waals surface area contributed by atoms with Gasteiger partial charge in [-0.2, -0.15) is 0 Å². The number of anilines is 1. The van der Waals surface area contributed by atoms with Crippen molar-refractivity contribution < 1.29 is 14.3 Å². The summed E-state index contributed by atoms with van der Waals surface area (Å²) in [4.78, 5) is 11.5. The second kappa shape index (κ2) is 6.30. The SMILES string of the molecule is COC(=O)c1ccc(N)c(OCc2ccc(Cl)cc2)c1. The molecule has 2 aromatic carbocycles. The smallest absolute Gasteiger partial charge is 0.337 e. The van der Waals surface area contributed by atoms with Gasteiger partial charge in [0.15, 0.2) is 0 Å². The van der Waals surface area contributed by atoms with Crippen molar-refractivity contribution in [3.63, 3.8) is 0 Å². The van der Waals surface area contributed by atoms with Crippen LogP contribution >= 0.6 is 11.6 Å². The number of rotatable bonds is 4. The van der Waals surface area contributed by atoms with Crippen LogP contribution in [0.1, 0.15) is 15.9 Å². The van der Waals surface area contributed by atoms with Crippen LogP contribution in [0.15, 0.2) is 42.5 Å². The molecule has 0 aromatic heterocycles. The molecule has 20 heavy (non-hydrogen) atoms. The van der Waals surface area contributed by atoms with E-state index in [0.29, 0.717) is 28.6 Å². The van der Waals surface area contributed by atoms with Gasteiger partial charge >= 0.3 is 5.97 Å². The van der Waals surface area contributed by atoms with Crippen LogP contribution in [-0.4, -0.2) is 13.1 Å². The molecule has 2 N–H and O–H groups in total. The van der Waals surface area contributed by atoms with E-state index < -0.39 is 5.97 Å². The van der Waals surface area contributed by atoms with E-state index in [1.165, 1.54) is 7.11 Å². The minimum absolute atomic E-state index is 0.339. The molecular weight excluding hydrogens is 278 g/mol. The highest BCUT2D eigenvalue weighted by Gasteiger charge is 2.09. The Kier molecular flexibility index (Phi) is 4.48. The molecular formula is C15H14ClNO3. The van der Waals surface area contributed by atoms with Gasteiger partial charge in [-0.15, -0.1) is 0 Å². The number of hydrogen-bond donors (Lipinski definition) is 1. The summed E-state index contributed by atoms with van der Waals surface area (Å²) in [5.41, 5.74) is 7.64. The first-order valence-corrected chi connectivity index (χ1v) is 6.33. The predicted molar refractivity (Wildman–Crippen MR) is 78.0 cm³/mol. The van der Waals surface area contributed by atoms with Crippen LogP contribution in [0.4, 0.5) is 5.69 Å². The first kappa shape index (κ1) is 14.2. The number of methoxy groups -OCH3 is 1. The number of esters is 1. The van der Waals surface area contributed by atoms with Crippen LogP contribution in [0, 0.1) is 0 Å². The maximum Gasteiger partial charge on any atom is 0.337 e. The lowest BCUT2D eigenvalue weighted by molar-refractivity contribution is 0.0600. The van der Waals surface area contributed by atoms with Crippen molar-refractivity contribution >= 4 is 23.3 Å². The monoisotopic (exact) mass is 291 g/mol. The second-order valence-corrected chi connectivity index (χ2v) is 4.60. The molecule has 0 fully saturated rings. The minimum atomic E-state index is -0.429. The molecule has 0 heterocycles. The Labute approximate surface area is 122 Å². The van der Waals surface area contributed by atoms with Gasteiger partial charge in [-0.1, -0.05) is 23.7 Å². The largest absolute Gasteiger partial charge is 0.487 e. The first-order valence-electron chi connectivity index (χ1n) is 5.95. The summed E-state index contributed by atoms with van der Waals surface area (Å²) < 4.78 is 10.3. The Bertz CT molecular complexity index is 611. The standard InChI is InChI=1S/C15H14ClNO3/c1-19-15(18)11-4-7-13(17)14(8-11)20-9-10-2-5-12(16)6-3-10/h2-8H,9,17H2,1H3. The molecule has 0 saturated carbocycles. The van der Waals surface area contributed by atoms with Gasteiger partial charge in [0.1, 0.15) is 12.4 Å². The Balaban J connectivity index is 2.12. The van der Waals surface area contributed by atoms with Gasteiger partial charge in [0.05, 0.1) is 18.4 Å². The summed E-state index contributed by atoms with van der Waals surface area (Å²) in [6, 6.07) is 12.1. The lowest BCUT2D eigenvalue weighted by Gasteiger charge is -2.10. The average molecular weight is 292 g/mol. The Morgan fingerprint density at radius 1 is 1.20 bits per heavy atom. The lowest BCUT2D eigenvalue weighted by atomic mass is 10.2. The summed E-state index contributed by atoms with van der Waals surface area (Å²) in [5, 5.41) is 0.668. The summed E-state index contributed by atoms with van der Waals surface area (Å²) in [6.45, 7) is 0.339. The highest BCUT2D eigenvalue weighted by atomic mass is 35.5. The third-order valence-electron chi connectivity index (χ3n) is 2.74. The minimum Gasteiger partial charge on any atom is -0.487 e. The van der Waals surface area contributed by atoms with E-state index in [0.717, 1.165) is 5.56 Å². The highest BCUT2D eigenvalue weighted by Crippen LogP contribution is 2.24. The summed E-state index contributed by atoms with van der Waals surface area (Å²) in [6.07, 6.45) is 0. The summed E-state index contributed by atoms with van der Waals surface area (Å²) in [7, 11) is 1.33. The van der Waals surface area contributed by atoms with Crippen molar-refractivity contribution in [2.45, 2.75) is 6.61 Å². The first-order chi connectivity index (χ1) is 9.60. The molecule has 0 saturated heterocycles. The van der Waals surface area contributed by atoms with Gasteiger partial charge in [-0.05, 0) is 35.9 Å². The van der Waals surface area contributed by atoms with Crippen molar-refractivity contribution in [3.05, 3.63) is 58.6 Å². The molecule has 4 nitrogen and oxygen atoms in total. The molecule has 0 spiro atoms. The van der Waals surface area contributed by atoms with E-state index in [1.807, 2.05) is 12.1 Å². The van der Waals surface area contributed by atoms with E-state index >= 15 is 0 Å². The van der Waals surface area contributed by atoms with E-state index in [-0.39, 0.29) is 0 Å². The Morgan fingerprint density at radius 3 is 2.55 bits per heavy atom. The number of benzene rings is 2. The second-order valence-electron chi connectivity index (χ2n) is 4.16. The molecule has 0 aliphatic rings. The molecule has 0 unspecified atom stereocenters. The van der Waals surface area contributed by atoms with Gasteiger partial charge in [0.25, 0.3) is 0 Å². The Morgan fingerprint density at radius 2 is 1.90 bits per heavy atom. The number of hydrogen-bond acceptors (Lipinski definition) is 4. The fraction of sp³-hybridized carbons (Fsp3) is 0.133.